The Morgan fingerprint density at radius 3 is 2.43 bits per heavy atom. The molecule has 5 nitrogen and oxygen atoms in total. The van der Waals surface area contributed by atoms with Crippen LogP contribution in [0.15, 0.2) is 18.2 Å². The van der Waals surface area contributed by atoms with Crippen molar-refractivity contribution >= 4 is 17.6 Å². The van der Waals surface area contributed by atoms with Crippen molar-refractivity contribution in [1.82, 2.24) is 10.6 Å². The Bertz CT molecular complexity index is 551. The van der Waals surface area contributed by atoms with Gasteiger partial charge in [0.05, 0.1) is 6.04 Å². The second-order valence-electron chi connectivity index (χ2n) is 6.43. The highest BCUT2D eigenvalue weighted by atomic mass is 16.2. The first-order valence-corrected chi connectivity index (χ1v) is 8.40. The van der Waals surface area contributed by atoms with Gasteiger partial charge in [-0.3, -0.25) is 4.79 Å². The van der Waals surface area contributed by atoms with E-state index in [1.54, 1.807) is 0 Å². The van der Waals surface area contributed by atoms with E-state index in [2.05, 4.69) is 16.0 Å². The molecule has 0 bridgehead atoms. The second-order valence-corrected chi connectivity index (χ2v) is 6.43. The Balaban J connectivity index is 1.64. The van der Waals surface area contributed by atoms with Crippen LogP contribution in [0.2, 0.25) is 0 Å². The molecule has 0 spiro atoms. The van der Waals surface area contributed by atoms with Crippen molar-refractivity contribution in [3.05, 3.63) is 29.3 Å². The molecular formula is C18H27N3O2. The normalized spacial score (nSPS) is 20.0. The molecule has 1 aliphatic rings. The van der Waals surface area contributed by atoms with Gasteiger partial charge in [-0.1, -0.05) is 31.0 Å². The molecule has 0 radical (unpaired) electrons. The minimum Gasteiger partial charge on any atom is -0.334 e. The van der Waals surface area contributed by atoms with Gasteiger partial charge in [-0.15, -0.1) is 0 Å². The molecule has 23 heavy (non-hydrogen) atoms. The average molecular weight is 317 g/mol. The van der Waals surface area contributed by atoms with Gasteiger partial charge >= 0.3 is 6.03 Å². The lowest BCUT2D eigenvalue weighted by Crippen LogP contribution is -2.30. The number of anilines is 1. The molecule has 1 aliphatic heterocycles. The van der Waals surface area contributed by atoms with Gasteiger partial charge in [0.2, 0.25) is 5.91 Å². The predicted octanol–water partition coefficient (Wildman–Crippen LogP) is 3.26. The summed E-state index contributed by atoms with van der Waals surface area (Å²) in [5, 5.41) is 8.79. The quantitative estimate of drug-likeness (QED) is 0.676. The molecule has 5 heteroatoms. The van der Waals surface area contributed by atoms with E-state index in [1.165, 1.54) is 0 Å². The van der Waals surface area contributed by atoms with Crippen molar-refractivity contribution in [2.45, 2.75) is 65.0 Å². The van der Waals surface area contributed by atoms with E-state index in [0.717, 1.165) is 42.5 Å². The third kappa shape index (κ3) is 4.98. The fourth-order valence-corrected chi connectivity index (χ4v) is 3.00. The van der Waals surface area contributed by atoms with Crippen LogP contribution in [0.4, 0.5) is 10.5 Å². The Hall–Kier alpha value is -2.04. The van der Waals surface area contributed by atoms with Gasteiger partial charge in [0.15, 0.2) is 0 Å². The van der Waals surface area contributed by atoms with E-state index in [-0.39, 0.29) is 24.0 Å². The molecule has 3 N–H and O–H groups in total. The van der Waals surface area contributed by atoms with Gasteiger partial charge in [0, 0.05) is 18.2 Å². The van der Waals surface area contributed by atoms with Gasteiger partial charge in [-0.2, -0.15) is 0 Å². The van der Waals surface area contributed by atoms with E-state index < -0.39 is 0 Å². The monoisotopic (exact) mass is 317 g/mol. The summed E-state index contributed by atoms with van der Waals surface area (Å²) in [6, 6.07) is 6.34. The van der Waals surface area contributed by atoms with E-state index in [0.29, 0.717) is 6.42 Å². The third-order valence-corrected chi connectivity index (χ3v) is 4.44. The van der Waals surface area contributed by atoms with Crippen molar-refractivity contribution in [2.24, 2.45) is 0 Å². The van der Waals surface area contributed by atoms with E-state index in [9.17, 15) is 9.59 Å². The molecule has 3 amide bonds. The van der Waals surface area contributed by atoms with Gasteiger partial charge in [-0.25, -0.2) is 4.79 Å². The highest BCUT2D eigenvalue weighted by Gasteiger charge is 2.26. The molecular weight excluding hydrogens is 290 g/mol. The lowest BCUT2D eigenvalue weighted by Gasteiger charge is -2.14. The topological polar surface area (TPSA) is 70.2 Å². The van der Waals surface area contributed by atoms with Crippen molar-refractivity contribution in [3.8, 4) is 0 Å². The second kappa shape index (κ2) is 7.99. The molecule has 0 aliphatic carbocycles. The number of para-hydroxylation sites is 1. The van der Waals surface area contributed by atoms with Gasteiger partial charge in [0.1, 0.15) is 0 Å². The van der Waals surface area contributed by atoms with Crippen LogP contribution in [0.25, 0.3) is 0 Å². The van der Waals surface area contributed by atoms with Crippen molar-refractivity contribution in [1.29, 1.82) is 0 Å². The maximum atomic E-state index is 12.1. The standard InChI is InChI=1S/C18H27N3O2/c1-12-8-7-9-13(2)17(12)21-16(22)11-6-4-5-10-15-14(3)19-18(23)20-15/h7-9,14-15H,4-6,10-11H2,1-3H3,(H,21,22)(H2,19,20,23)/t14-,15+/m1/s1. The van der Waals surface area contributed by atoms with Crippen LogP contribution in [0.5, 0.6) is 0 Å². The number of hydrogen-bond acceptors (Lipinski definition) is 2. The van der Waals surface area contributed by atoms with Crippen molar-refractivity contribution in [3.63, 3.8) is 0 Å². The summed E-state index contributed by atoms with van der Waals surface area (Å²) < 4.78 is 0. The number of benzene rings is 1. The Morgan fingerprint density at radius 1 is 1.13 bits per heavy atom. The first-order valence-electron chi connectivity index (χ1n) is 8.40. The number of hydrogen-bond donors (Lipinski definition) is 3. The molecule has 1 aromatic carbocycles. The zero-order chi connectivity index (χ0) is 16.8. The summed E-state index contributed by atoms with van der Waals surface area (Å²) in [6.07, 6.45) is 4.39. The number of aryl methyl sites for hydroxylation is 2. The molecule has 2 rings (SSSR count). The number of amides is 3. The summed E-state index contributed by atoms with van der Waals surface area (Å²) >= 11 is 0. The molecule has 0 unspecified atom stereocenters. The number of carbonyl (C=O) groups excluding carboxylic acids is 2. The minimum absolute atomic E-state index is 0.0736. The number of rotatable bonds is 7. The van der Waals surface area contributed by atoms with Crippen LogP contribution >= 0.6 is 0 Å². The van der Waals surface area contributed by atoms with Crippen LogP contribution in [0, 0.1) is 13.8 Å². The Labute approximate surface area is 138 Å². The lowest BCUT2D eigenvalue weighted by atomic mass is 10.0. The highest BCUT2D eigenvalue weighted by molar-refractivity contribution is 5.92. The number of carbonyl (C=O) groups is 2. The fourth-order valence-electron chi connectivity index (χ4n) is 3.00. The minimum atomic E-state index is -0.0736. The number of nitrogens with one attached hydrogen (secondary N) is 3. The molecule has 1 heterocycles. The molecule has 0 aromatic heterocycles. The molecule has 0 saturated carbocycles. The average Bonchev–Trinajstić information content (AvgIpc) is 2.81. The van der Waals surface area contributed by atoms with E-state index in [4.69, 9.17) is 0 Å². The Kier molecular flexibility index (Phi) is 6.02. The lowest BCUT2D eigenvalue weighted by molar-refractivity contribution is -0.116. The SMILES string of the molecule is Cc1cccc(C)c1NC(=O)CCCCC[C@@H]1NC(=O)N[C@@H]1C. The summed E-state index contributed by atoms with van der Waals surface area (Å²) in [7, 11) is 0. The van der Waals surface area contributed by atoms with Gasteiger partial charge < -0.3 is 16.0 Å². The number of urea groups is 1. The molecule has 1 saturated heterocycles. The van der Waals surface area contributed by atoms with Gasteiger partial charge in [0.25, 0.3) is 0 Å². The molecule has 1 aromatic rings. The highest BCUT2D eigenvalue weighted by Crippen LogP contribution is 2.20. The summed E-state index contributed by atoms with van der Waals surface area (Å²) in [5.74, 6) is 0.0756. The van der Waals surface area contributed by atoms with E-state index in [1.807, 2.05) is 39.0 Å². The maximum Gasteiger partial charge on any atom is 0.315 e. The molecule has 2 atom stereocenters. The zero-order valence-corrected chi connectivity index (χ0v) is 14.2. The Morgan fingerprint density at radius 2 is 1.83 bits per heavy atom. The van der Waals surface area contributed by atoms with Crippen LogP contribution in [-0.4, -0.2) is 24.0 Å². The zero-order valence-electron chi connectivity index (χ0n) is 14.2. The van der Waals surface area contributed by atoms with Crippen LogP contribution < -0.4 is 16.0 Å². The van der Waals surface area contributed by atoms with E-state index >= 15 is 0 Å². The van der Waals surface area contributed by atoms with Crippen LogP contribution in [0.3, 0.4) is 0 Å². The molecule has 126 valence electrons. The van der Waals surface area contributed by atoms with Crippen molar-refractivity contribution in [2.75, 3.05) is 5.32 Å². The first kappa shape index (κ1) is 17.3. The fraction of sp³-hybridized carbons (Fsp3) is 0.556. The number of unbranched alkanes of at least 4 members (excludes halogenated alkanes) is 2. The summed E-state index contributed by atoms with van der Waals surface area (Å²) in [4.78, 5) is 23.2. The van der Waals surface area contributed by atoms with Crippen LogP contribution in [0.1, 0.15) is 50.2 Å². The summed E-state index contributed by atoms with van der Waals surface area (Å²) in [6.45, 7) is 6.03. The predicted molar refractivity (Wildman–Crippen MR) is 92.5 cm³/mol. The van der Waals surface area contributed by atoms with Crippen LogP contribution in [-0.2, 0) is 4.79 Å². The smallest absolute Gasteiger partial charge is 0.315 e. The van der Waals surface area contributed by atoms with Crippen molar-refractivity contribution < 1.29 is 9.59 Å². The molecule has 1 fully saturated rings. The largest absolute Gasteiger partial charge is 0.334 e. The van der Waals surface area contributed by atoms with Gasteiger partial charge in [-0.05, 0) is 44.7 Å². The third-order valence-electron chi connectivity index (χ3n) is 4.44. The first-order chi connectivity index (χ1) is 11.0. The summed E-state index contributed by atoms with van der Waals surface area (Å²) in [5.41, 5.74) is 3.12. The maximum absolute atomic E-state index is 12.1.